The van der Waals surface area contributed by atoms with Crippen LogP contribution in [0, 0.1) is 13.8 Å². The van der Waals surface area contributed by atoms with E-state index in [-0.39, 0.29) is 5.56 Å². The standard InChI is InChI=1S/C12H15F4N/c1-7-4-5-9(8(2)6-7)10(17-3)12(15,16)11(13)14/h4-6,10-11,17H,1-3H3. The van der Waals surface area contributed by atoms with Gasteiger partial charge in [-0.05, 0) is 32.0 Å². The summed E-state index contributed by atoms with van der Waals surface area (Å²) >= 11 is 0. The Hall–Kier alpha value is -1.10. The molecule has 96 valence electrons. The molecule has 0 amide bonds. The van der Waals surface area contributed by atoms with E-state index < -0.39 is 18.4 Å². The number of hydrogen-bond donors (Lipinski definition) is 1. The lowest BCUT2D eigenvalue weighted by Crippen LogP contribution is -2.41. The SMILES string of the molecule is CNC(c1ccc(C)cc1C)C(F)(F)C(F)F. The number of alkyl halides is 4. The van der Waals surface area contributed by atoms with E-state index in [9.17, 15) is 17.6 Å². The van der Waals surface area contributed by atoms with Crippen LogP contribution in [0.1, 0.15) is 22.7 Å². The van der Waals surface area contributed by atoms with Crippen LogP contribution in [-0.4, -0.2) is 19.4 Å². The molecule has 0 spiro atoms. The van der Waals surface area contributed by atoms with E-state index >= 15 is 0 Å². The summed E-state index contributed by atoms with van der Waals surface area (Å²) in [7, 11) is 1.25. The third-order valence-electron chi connectivity index (χ3n) is 2.70. The van der Waals surface area contributed by atoms with Crippen LogP contribution in [0.3, 0.4) is 0 Å². The first kappa shape index (κ1) is 14.0. The highest BCUT2D eigenvalue weighted by atomic mass is 19.3. The predicted molar refractivity (Wildman–Crippen MR) is 58.7 cm³/mol. The highest BCUT2D eigenvalue weighted by molar-refractivity contribution is 5.34. The van der Waals surface area contributed by atoms with Crippen molar-refractivity contribution >= 4 is 0 Å². The van der Waals surface area contributed by atoms with Crippen LogP contribution in [0.5, 0.6) is 0 Å². The summed E-state index contributed by atoms with van der Waals surface area (Å²) in [5.74, 6) is -4.09. The van der Waals surface area contributed by atoms with E-state index in [0.717, 1.165) is 5.56 Å². The van der Waals surface area contributed by atoms with Gasteiger partial charge in [0.1, 0.15) is 6.04 Å². The molecule has 0 aliphatic carbocycles. The van der Waals surface area contributed by atoms with Gasteiger partial charge in [-0.3, -0.25) is 0 Å². The van der Waals surface area contributed by atoms with Crippen molar-refractivity contribution in [2.24, 2.45) is 0 Å². The molecule has 1 nitrogen and oxygen atoms in total. The molecule has 1 N–H and O–H groups in total. The minimum absolute atomic E-state index is 0.198. The van der Waals surface area contributed by atoms with Crippen molar-refractivity contribution in [3.8, 4) is 0 Å². The van der Waals surface area contributed by atoms with Gasteiger partial charge in [0.05, 0.1) is 0 Å². The normalized spacial score (nSPS) is 14.1. The first-order valence-electron chi connectivity index (χ1n) is 5.21. The van der Waals surface area contributed by atoms with Crippen molar-refractivity contribution in [1.29, 1.82) is 0 Å². The van der Waals surface area contributed by atoms with E-state index in [1.807, 2.05) is 6.92 Å². The van der Waals surface area contributed by atoms with Gasteiger partial charge in [0.25, 0.3) is 0 Å². The van der Waals surface area contributed by atoms with Crippen LogP contribution in [0.2, 0.25) is 0 Å². The Labute approximate surface area is 97.8 Å². The molecule has 0 aliphatic rings. The molecule has 1 aromatic rings. The zero-order valence-corrected chi connectivity index (χ0v) is 9.90. The van der Waals surface area contributed by atoms with E-state index in [1.165, 1.54) is 13.1 Å². The van der Waals surface area contributed by atoms with Crippen molar-refractivity contribution in [1.82, 2.24) is 5.32 Å². The third-order valence-corrected chi connectivity index (χ3v) is 2.70. The van der Waals surface area contributed by atoms with Crippen molar-refractivity contribution in [3.63, 3.8) is 0 Å². The van der Waals surface area contributed by atoms with Crippen LogP contribution in [0.25, 0.3) is 0 Å². The zero-order valence-electron chi connectivity index (χ0n) is 9.90. The maximum Gasteiger partial charge on any atom is 0.326 e. The molecule has 0 fully saturated rings. The van der Waals surface area contributed by atoms with Gasteiger partial charge in [-0.1, -0.05) is 23.8 Å². The van der Waals surface area contributed by atoms with Crippen molar-refractivity contribution in [3.05, 3.63) is 34.9 Å². The summed E-state index contributed by atoms with van der Waals surface area (Å²) in [5, 5.41) is 2.27. The monoisotopic (exact) mass is 249 g/mol. The van der Waals surface area contributed by atoms with Crippen LogP contribution >= 0.6 is 0 Å². The molecule has 0 aliphatic heterocycles. The summed E-state index contributed by atoms with van der Waals surface area (Å²) < 4.78 is 51.4. The van der Waals surface area contributed by atoms with Gasteiger partial charge in [-0.25, -0.2) is 8.78 Å². The molecular formula is C12H15F4N. The van der Waals surface area contributed by atoms with E-state index in [2.05, 4.69) is 5.32 Å². The first-order chi connectivity index (χ1) is 7.80. The zero-order chi connectivity index (χ0) is 13.2. The Kier molecular flexibility index (Phi) is 4.14. The minimum Gasteiger partial charge on any atom is -0.308 e. The molecule has 1 unspecified atom stereocenters. The molecule has 17 heavy (non-hydrogen) atoms. The Balaban J connectivity index is 3.18. The van der Waals surface area contributed by atoms with Gasteiger partial charge in [0.2, 0.25) is 0 Å². The van der Waals surface area contributed by atoms with Gasteiger partial charge in [-0.15, -0.1) is 0 Å². The van der Waals surface area contributed by atoms with Crippen molar-refractivity contribution < 1.29 is 17.6 Å². The quantitative estimate of drug-likeness (QED) is 0.806. The largest absolute Gasteiger partial charge is 0.326 e. The lowest BCUT2D eigenvalue weighted by Gasteiger charge is -2.27. The molecule has 1 aromatic carbocycles. The van der Waals surface area contributed by atoms with Crippen LogP contribution in [0.15, 0.2) is 18.2 Å². The Morgan fingerprint density at radius 1 is 1.18 bits per heavy atom. The molecule has 1 rings (SSSR count). The maximum absolute atomic E-state index is 13.4. The molecule has 0 saturated carbocycles. The second-order valence-electron chi connectivity index (χ2n) is 4.06. The van der Waals surface area contributed by atoms with Crippen molar-refractivity contribution in [2.45, 2.75) is 32.2 Å². The van der Waals surface area contributed by atoms with E-state index in [4.69, 9.17) is 0 Å². The summed E-state index contributed by atoms with van der Waals surface area (Å²) in [4.78, 5) is 0. The number of aryl methyl sites for hydroxylation is 2. The lowest BCUT2D eigenvalue weighted by molar-refractivity contribution is -0.150. The summed E-state index contributed by atoms with van der Waals surface area (Å²) in [6.07, 6.45) is -3.69. The minimum atomic E-state index is -4.09. The number of nitrogens with one attached hydrogen (secondary N) is 1. The van der Waals surface area contributed by atoms with Gasteiger partial charge >= 0.3 is 12.3 Å². The number of hydrogen-bond acceptors (Lipinski definition) is 1. The fourth-order valence-electron chi connectivity index (χ4n) is 1.83. The second-order valence-corrected chi connectivity index (χ2v) is 4.06. The van der Waals surface area contributed by atoms with E-state index in [0.29, 0.717) is 5.56 Å². The Bertz CT molecular complexity index is 390. The van der Waals surface area contributed by atoms with Gasteiger partial charge < -0.3 is 5.32 Å². The predicted octanol–water partition coefficient (Wildman–Crippen LogP) is 3.46. The van der Waals surface area contributed by atoms with Crippen LogP contribution in [-0.2, 0) is 0 Å². The molecule has 0 heterocycles. The topological polar surface area (TPSA) is 12.0 Å². The smallest absolute Gasteiger partial charge is 0.308 e. The fourth-order valence-corrected chi connectivity index (χ4v) is 1.83. The summed E-state index contributed by atoms with van der Waals surface area (Å²) in [6.45, 7) is 3.45. The lowest BCUT2D eigenvalue weighted by atomic mass is 9.95. The highest BCUT2D eigenvalue weighted by Gasteiger charge is 2.49. The maximum atomic E-state index is 13.4. The number of halogens is 4. The van der Waals surface area contributed by atoms with Gasteiger partial charge in [0, 0.05) is 0 Å². The average Bonchev–Trinajstić information content (AvgIpc) is 2.21. The van der Waals surface area contributed by atoms with Crippen LogP contribution in [0.4, 0.5) is 17.6 Å². The van der Waals surface area contributed by atoms with Crippen LogP contribution < -0.4 is 5.32 Å². The average molecular weight is 249 g/mol. The number of benzene rings is 1. The Morgan fingerprint density at radius 2 is 1.76 bits per heavy atom. The van der Waals surface area contributed by atoms with Crippen molar-refractivity contribution in [2.75, 3.05) is 7.05 Å². The molecular weight excluding hydrogens is 234 g/mol. The molecule has 1 atom stereocenters. The van der Waals surface area contributed by atoms with Gasteiger partial charge in [0.15, 0.2) is 0 Å². The molecule has 0 bridgehead atoms. The molecule has 0 aromatic heterocycles. The highest BCUT2D eigenvalue weighted by Crippen LogP contribution is 2.37. The number of rotatable bonds is 4. The van der Waals surface area contributed by atoms with E-state index in [1.54, 1.807) is 19.1 Å². The summed E-state index contributed by atoms with van der Waals surface area (Å²) in [5.41, 5.74) is 1.68. The molecule has 0 radical (unpaired) electrons. The fraction of sp³-hybridized carbons (Fsp3) is 0.500. The van der Waals surface area contributed by atoms with Gasteiger partial charge in [-0.2, -0.15) is 8.78 Å². The second kappa shape index (κ2) is 5.04. The first-order valence-corrected chi connectivity index (χ1v) is 5.21. The Morgan fingerprint density at radius 3 is 2.18 bits per heavy atom. The molecule has 0 saturated heterocycles. The molecule has 5 heteroatoms. The summed E-state index contributed by atoms with van der Waals surface area (Å²) in [6, 6.07) is 3.11. The third kappa shape index (κ3) is 2.77.